The van der Waals surface area contributed by atoms with Crippen molar-refractivity contribution in [3.63, 3.8) is 0 Å². The largest absolute Gasteiger partial charge is 0.490 e. The Morgan fingerprint density at radius 3 is 3.06 bits per heavy atom. The zero-order valence-electron chi connectivity index (χ0n) is 10.6. The quantitative estimate of drug-likeness (QED) is 0.797. The SMILES string of the molecule is C=Cc1ncc(OCC2CCCN2C)cc1C. The highest BCUT2D eigenvalue weighted by atomic mass is 16.5. The van der Waals surface area contributed by atoms with Crippen molar-refractivity contribution in [2.75, 3.05) is 20.2 Å². The van der Waals surface area contributed by atoms with Crippen LogP contribution in [0.15, 0.2) is 18.8 Å². The Balaban J connectivity index is 1.95. The average molecular weight is 232 g/mol. The maximum atomic E-state index is 5.80. The van der Waals surface area contributed by atoms with Crippen molar-refractivity contribution in [3.8, 4) is 5.75 Å². The fraction of sp³-hybridized carbons (Fsp3) is 0.500. The Kier molecular flexibility index (Phi) is 3.79. The van der Waals surface area contributed by atoms with Crippen molar-refractivity contribution in [1.29, 1.82) is 0 Å². The van der Waals surface area contributed by atoms with E-state index in [0.717, 1.165) is 23.6 Å². The van der Waals surface area contributed by atoms with Gasteiger partial charge in [-0.3, -0.25) is 4.98 Å². The van der Waals surface area contributed by atoms with Crippen LogP contribution in [0.25, 0.3) is 6.08 Å². The summed E-state index contributed by atoms with van der Waals surface area (Å²) in [5, 5.41) is 0. The maximum absolute atomic E-state index is 5.80. The Morgan fingerprint density at radius 2 is 2.47 bits per heavy atom. The van der Waals surface area contributed by atoms with Gasteiger partial charge in [0.15, 0.2) is 0 Å². The monoisotopic (exact) mass is 232 g/mol. The molecule has 1 unspecified atom stereocenters. The molecule has 0 spiro atoms. The third kappa shape index (κ3) is 2.86. The summed E-state index contributed by atoms with van der Waals surface area (Å²) in [4.78, 5) is 6.66. The smallest absolute Gasteiger partial charge is 0.137 e. The summed E-state index contributed by atoms with van der Waals surface area (Å²) in [7, 11) is 2.16. The van der Waals surface area contributed by atoms with Gasteiger partial charge in [0.2, 0.25) is 0 Å². The predicted molar refractivity (Wildman–Crippen MR) is 70.2 cm³/mol. The van der Waals surface area contributed by atoms with E-state index in [-0.39, 0.29) is 0 Å². The van der Waals surface area contributed by atoms with Gasteiger partial charge in [-0.05, 0) is 51.1 Å². The predicted octanol–water partition coefficient (Wildman–Crippen LogP) is 2.51. The van der Waals surface area contributed by atoms with E-state index in [1.807, 2.05) is 13.0 Å². The number of likely N-dealkylation sites (tertiary alicyclic amines) is 1. The number of hydrogen-bond acceptors (Lipinski definition) is 3. The zero-order valence-corrected chi connectivity index (χ0v) is 10.6. The van der Waals surface area contributed by atoms with E-state index in [0.29, 0.717) is 6.04 Å². The molecule has 2 heterocycles. The van der Waals surface area contributed by atoms with Crippen LogP contribution in [0.3, 0.4) is 0 Å². The van der Waals surface area contributed by atoms with Gasteiger partial charge < -0.3 is 9.64 Å². The summed E-state index contributed by atoms with van der Waals surface area (Å²) in [5.41, 5.74) is 2.03. The molecule has 1 atom stereocenters. The van der Waals surface area contributed by atoms with Gasteiger partial charge >= 0.3 is 0 Å². The normalized spacial score (nSPS) is 20.5. The van der Waals surface area contributed by atoms with Gasteiger partial charge in [-0.25, -0.2) is 0 Å². The second-order valence-electron chi connectivity index (χ2n) is 4.66. The molecule has 1 saturated heterocycles. The molecule has 3 nitrogen and oxygen atoms in total. The third-order valence-electron chi connectivity index (χ3n) is 3.40. The average Bonchev–Trinajstić information content (AvgIpc) is 2.72. The summed E-state index contributed by atoms with van der Waals surface area (Å²) < 4.78 is 5.80. The first-order valence-electron chi connectivity index (χ1n) is 6.13. The fourth-order valence-electron chi connectivity index (χ4n) is 2.23. The van der Waals surface area contributed by atoms with E-state index >= 15 is 0 Å². The van der Waals surface area contributed by atoms with Gasteiger partial charge in [0.05, 0.1) is 11.9 Å². The second-order valence-corrected chi connectivity index (χ2v) is 4.66. The number of hydrogen-bond donors (Lipinski definition) is 0. The highest BCUT2D eigenvalue weighted by Gasteiger charge is 2.21. The molecule has 1 fully saturated rings. The van der Waals surface area contributed by atoms with Crippen molar-refractivity contribution < 1.29 is 4.74 Å². The van der Waals surface area contributed by atoms with Gasteiger partial charge in [-0.15, -0.1) is 0 Å². The van der Waals surface area contributed by atoms with Gasteiger partial charge in [0, 0.05) is 6.04 Å². The van der Waals surface area contributed by atoms with Crippen LogP contribution in [-0.4, -0.2) is 36.1 Å². The summed E-state index contributed by atoms with van der Waals surface area (Å²) in [6, 6.07) is 2.58. The molecular weight excluding hydrogens is 212 g/mol. The Bertz CT molecular complexity index is 403. The first-order valence-corrected chi connectivity index (χ1v) is 6.13. The van der Waals surface area contributed by atoms with Crippen LogP contribution in [0, 0.1) is 6.92 Å². The van der Waals surface area contributed by atoms with Crippen LogP contribution in [0.5, 0.6) is 5.75 Å². The van der Waals surface area contributed by atoms with Crippen LogP contribution in [0.1, 0.15) is 24.1 Å². The Morgan fingerprint density at radius 1 is 1.65 bits per heavy atom. The van der Waals surface area contributed by atoms with Gasteiger partial charge in [-0.2, -0.15) is 0 Å². The fourth-order valence-corrected chi connectivity index (χ4v) is 2.23. The molecule has 0 saturated carbocycles. The Labute approximate surface area is 103 Å². The highest BCUT2D eigenvalue weighted by Crippen LogP contribution is 2.19. The van der Waals surface area contributed by atoms with Gasteiger partial charge in [-0.1, -0.05) is 6.58 Å². The first-order chi connectivity index (χ1) is 8.20. The van der Waals surface area contributed by atoms with Gasteiger partial charge in [0.1, 0.15) is 12.4 Å². The lowest BCUT2D eigenvalue weighted by molar-refractivity contribution is 0.197. The van der Waals surface area contributed by atoms with E-state index in [1.54, 1.807) is 12.3 Å². The van der Waals surface area contributed by atoms with Crippen LogP contribution in [-0.2, 0) is 0 Å². The minimum Gasteiger partial charge on any atom is -0.490 e. The van der Waals surface area contributed by atoms with Crippen LogP contribution < -0.4 is 4.74 Å². The topological polar surface area (TPSA) is 25.4 Å². The molecular formula is C14H20N2O. The van der Waals surface area contributed by atoms with Crippen molar-refractivity contribution >= 4 is 6.08 Å². The molecule has 2 rings (SSSR count). The molecule has 17 heavy (non-hydrogen) atoms. The second kappa shape index (κ2) is 5.32. The number of rotatable bonds is 4. The van der Waals surface area contributed by atoms with Crippen LogP contribution >= 0.6 is 0 Å². The standard InChI is InChI=1S/C14H20N2O/c1-4-14-11(2)8-13(9-15-14)17-10-12-6-5-7-16(12)3/h4,8-9,12H,1,5-7,10H2,2-3H3. The number of aryl methyl sites for hydroxylation is 1. The number of pyridine rings is 1. The Hall–Kier alpha value is -1.35. The van der Waals surface area contributed by atoms with Crippen LogP contribution in [0.4, 0.5) is 0 Å². The van der Waals surface area contributed by atoms with Crippen molar-refractivity contribution in [2.24, 2.45) is 0 Å². The third-order valence-corrected chi connectivity index (χ3v) is 3.40. The van der Waals surface area contributed by atoms with E-state index in [2.05, 4.69) is 23.5 Å². The molecule has 0 amide bonds. The number of ether oxygens (including phenoxy) is 1. The molecule has 0 aromatic carbocycles. The maximum Gasteiger partial charge on any atom is 0.137 e. The summed E-state index contributed by atoms with van der Waals surface area (Å²) >= 11 is 0. The summed E-state index contributed by atoms with van der Waals surface area (Å²) in [6.45, 7) is 7.69. The van der Waals surface area contributed by atoms with E-state index in [9.17, 15) is 0 Å². The molecule has 0 aliphatic carbocycles. The molecule has 1 aliphatic rings. The molecule has 0 radical (unpaired) electrons. The van der Waals surface area contributed by atoms with E-state index < -0.39 is 0 Å². The molecule has 1 aromatic heterocycles. The van der Waals surface area contributed by atoms with Crippen LogP contribution in [0.2, 0.25) is 0 Å². The van der Waals surface area contributed by atoms with Gasteiger partial charge in [0.25, 0.3) is 0 Å². The molecule has 3 heteroatoms. The highest BCUT2D eigenvalue weighted by molar-refractivity contribution is 5.47. The molecule has 92 valence electrons. The number of likely N-dealkylation sites (N-methyl/N-ethyl adjacent to an activating group) is 1. The van der Waals surface area contributed by atoms with Crippen molar-refractivity contribution in [2.45, 2.75) is 25.8 Å². The minimum atomic E-state index is 0.550. The number of nitrogens with zero attached hydrogens (tertiary/aromatic N) is 2. The molecule has 0 N–H and O–H groups in total. The number of aromatic nitrogens is 1. The molecule has 1 aromatic rings. The molecule has 0 bridgehead atoms. The molecule has 1 aliphatic heterocycles. The summed E-state index contributed by atoms with van der Waals surface area (Å²) in [5.74, 6) is 0.855. The summed E-state index contributed by atoms with van der Waals surface area (Å²) in [6.07, 6.45) is 6.05. The lowest BCUT2D eigenvalue weighted by Crippen LogP contribution is -2.30. The minimum absolute atomic E-state index is 0.550. The van der Waals surface area contributed by atoms with E-state index in [4.69, 9.17) is 4.74 Å². The van der Waals surface area contributed by atoms with Crippen molar-refractivity contribution in [3.05, 3.63) is 30.1 Å². The lowest BCUT2D eigenvalue weighted by Gasteiger charge is -2.19. The first kappa shape index (κ1) is 12.1. The van der Waals surface area contributed by atoms with E-state index in [1.165, 1.54) is 19.4 Å². The van der Waals surface area contributed by atoms with Crippen molar-refractivity contribution in [1.82, 2.24) is 9.88 Å². The zero-order chi connectivity index (χ0) is 12.3. The lowest BCUT2D eigenvalue weighted by atomic mass is 10.2.